The molecule has 3 heterocycles. The summed E-state index contributed by atoms with van der Waals surface area (Å²) >= 11 is 4.56. The van der Waals surface area contributed by atoms with Gasteiger partial charge in [-0.3, -0.25) is 19.5 Å². The second-order valence-corrected chi connectivity index (χ2v) is 6.39. The molecule has 112 valence electrons. The summed E-state index contributed by atoms with van der Waals surface area (Å²) in [5, 5.41) is 13.8. The molecule has 0 aliphatic heterocycles. The van der Waals surface area contributed by atoms with Crippen LogP contribution in [0, 0.1) is 24.0 Å². The Bertz CT molecular complexity index is 979. The normalized spacial score (nSPS) is 11.0. The molecule has 0 spiro atoms. The van der Waals surface area contributed by atoms with Crippen LogP contribution >= 0.6 is 27.3 Å². The number of fused-ring (bicyclic) bond motifs is 1. The lowest BCUT2D eigenvalue weighted by Crippen LogP contribution is -2.13. The van der Waals surface area contributed by atoms with Gasteiger partial charge < -0.3 is 0 Å². The number of halogens is 1. The molecule has 3 aromatic rings. The topological polar surface area (TPSA) is 90.9 Å². The van der Waals surface area contributed by atoms with Crippen LogP contribution in [0.15, 0.2) is 27.0 Å². The number of rotatable bonds is 2. The summed E-state index contributed by atoms with van der Waals surface area (Å²) in [5.74, 6) is 1.08. The van der Waals surface area contributed by atoms with Crippen LogP contribution in [0.5, 0.6) is 0 Å². The lowest BCUT2D eigenvalue weighted by atomic mass is 10.2. The SMILES string of the molecule is Cc1nc(-n2cc(Br)c(=O)c([N+](=O)[O-])c2)c2c(C)csc2n1. The summed E-state index contributed by atoms with van der Waals surface area (Å²) in [6, 6.07) is 0. The summed E-state index contributed by atoms with van der Waals surface area (Å²) < 4.78 is 1.60. The standard InChI is InChI=1S/C13H9BrN4O3S/c1-6-5-22-13-10(6)12(15-7(2)16-13)17-3-8(14)11(19)9(4-17)18(20)21/h3-5H,1-2H3. The van der Waals surface area contributed by atoms with Crippen LogP contribution < -0.4 is 5.43 Å². The Balaban J connectivity index is 2.39. The Morgan fingerprint density at radius 1 is 1.32 bits per heavy atom. The average Bonchev–Trinajstić information content (AvgIpc) is 2.81. The van der Waals surface area contributed by atoms with Gasteiger partial charge in [0, 0.05) is 6.20 Å². The molecule has 22 heavy (non-hydrogen) atoms. The molecule has 9 heteroatoms. The molecule has 0 aromatic carbocycles. The zero-order valence-electron chi connectivity index (χ0n) is 11.5. The third-order valence-electron chi connectivity index (χ3n) is 3.11. The van der Waals surface area contributed by atoms with E-state index < -0.39 is 16.0 Å². The molecular formula is C13H9BrN4O3S. The quantitative estimate of drug-likeness (QED) is 0.503. The van der Waals surface area contributed by atoms with E-state index in [1.54, 1.807) is 6.92 Å². The van der Waals surface area contributed by atoms with Gasteiger partial charge in [-0.05, 0) is 40.7 Å². The summed E-state index contributed by atoms with van der Waals surface area (Å²) in [4.78, 5) is 31.7. The third kappa shape index (κ3) is 2.32. The summed E-state index contributed by atoms with van der Waals surface area (Å²) in [6.45, 7) is 3.68. The first kappa shape index (κ1) is 14.8. The van der Waals surface area contributed by atoms with Gasteiger partial charge in [0.2, 0.25) is 0 Å². The molecule has 0 fully saturated rings. The number of nitrogens with zero attached hydrogens (tertiary/aromatic N) is 4. The first-order chi connectivity index (χ1) is 10.4. The van der Waals surface area contributed by atoms with Gasteiger partial charge in [-0.15, -0.1) is 11.3 Å². The fourth-order valence-electron chi connectivity index (χ4n) is 2.14. The minimum absolute atomic E-state index is 0.110. The number of hydrogen-bond donors (Lipinski definition) is 0. The second kappa shape index (κ2) is 5.25. The number of hydrogen-bond acceptors (Lipinski definition) is 6. The largest absolute Gasteiger partial charge is 0.333 e. The number of aryl methyl sites for hydroxylation is 2. The zero-order chi connectivity index (χ0) is 16.0. The smallest absolute Gasteiger partial charge is 0.300 e. The molecule has 0 saturated heterocycles. The molecule has 0 amide bonds. The van der Waals surface area contributed by atoms with Crippen LogP contribution in [0.2, 0.25) is 0 Å². The summed E-state index contributed by atoms with van der Waals surface area (Å²) in [6.07, 6.45) is 2.67. The Labute approximate surface area is 136 Å². The fourth-order valence-corrected chi connectivity index (χ4v) is 3.52. The summed E-state index contributed by atoms with van der Waals surface area (Å²) in [5.41, 5.74) is -0.190. The molecule has 0 N–H and O–H groups in total. The Morgan fingerprint density at radius 3 is 2.73 bits per heavy atom. The number of nitro groups is 1. The van der Waals surface area contributed by atoms with Crippen molar-refractivity contribution in [3.63, 3.8) is 0 Å². The van der Waals surface area contributed by atoms with E-state index >= 15 is 0 Å². The number of pyridine rings is 1. The van der Waals surface area contributed by atoms with E-state index in [0.29, 0.717) is 11.6 Å². The lowest BCUT2D eigenvalue weighted by Gasteiger charge is -2.09. The van der Waals surface area contributed by atoms with E-state index in [0.717, 1.165) is 15.8 Å². The second-order valence-electron chi connectivity index (χ2n) is 4.68. The number of aromatic nitrogens is 3. The summed E-state index contributed by atoms with van der Waals surface area (Å²) in [7, 11) is 0. The average molecular weight is 381 g/mol. The van der Waals surface area contributed by atoms with Crippen molar-refractivity contribution in [1.82, 2.24) is 14.5 Å². The number of thiophene rings is 1. The fraction of sp³-hybridized carbons (Fsp3) is 0.154. The highest BCUT2D eigenvalue weighted by molar-refractivity contribution is 9.10. The van der Waals surface area contributed by atoms with Gasteiger partial charge >= 0.3 is 5.69 Å². The molecule has 7 nitrogen and oxygen atoms in total. The van der Waals surface area contributed by atoms with E-state index in [-0.39, 0.29) is 4.47 Å². The van der Waals surface area contributed by atoms with Gasteiger partial charge in [-0.25, -0.2) is 9.97 Å². The molecule has 0 bridgehead atoms. The van der Waals surface area contributed by atoms with Crippen LogP contribution in [0.1, 0.15) is 11.4 Å². The maximum atomic E-state index is 11.8. The molecule has 0 unspecified atom stereocenters. The molecular weight excluding hydrogens is 372 g/mol. The first-order valence-electron chi connectivity index (χ1n) is 6.17. The van der Waals surface area contributed by atoms with Crippen LogP contribution in [-0.2, 0) is 0 Å². The van der Waals surface area contributed by atoms with Crippen molar-refractivity contribution < 1.29 is 4.92 Å². The van der Waals surface area contributed by atoms with Gasteiger partial charge in [0.05, 0.1) is 21.0 Å². The molecule has 0 radical (unpaired) electrons. The van der Waals surface area contributed by atoms with Crippen molar-refractivity contribution in [2.24, 2.45) is 0 Å². The minimum atomic E-state index is -0.699. The molecule has 0 aliphatic carbocycles. The Kier molecular flexibility index (Phi) is 3.53. The zero-order valence-corrected chi connectivity index (χ0v) is 13.9. The molecule has 0 aliphatic rings. The monoisotopic (exact) mass is 380 g/mol. The van der Waals surface area contributed by atoms with Gasteiger partial charge in [0.15, 0.2) is 0 Å². The highest BCUT2D eigenvalue weighted by atomic mass is 79.9. The Morgan fingerprint density at radius 2 is 2.05 bits per heavy atom. The Hall–Kier alpha value is -2.13. The predicted octanol–water partition coefficient (Wildman–Crippen LogP) is 3.13. The van der Waals surface area contributed by atoms with E-state index in [9.17, 15) is 14.9 Å². The van der Waals surface area contributed by atoms with E-state index in [4.69, 9.17) is 0 Å². The molecule has 0 saturated carbocycles. The van der Waals surface area contributed by atoms with Crippen LogP contribution in [-0.4, -0.2) is 19.5 Å². The van der Waals surface area contributed by atoms with Crippen molar-refractivity contribution in [1.29, 1.82) is 0 Å². The van der Waals surface area contributed by atoms with Gasteiger partial charge in [-0.2, -0.15) is 0 Å². The van der Waals surface area contributed by atoms with Gasteiger partial charge in [0.1, 0.15) is 16.5 Å². The van der Waals surface area contributed by atoms with Gasteiger partial charge in [-0.1, -0.05) is 0 Å². The maximum Gasteiger partial charge on any atom is 0.333 e. The molecule has 0 atom stereocenters. The van der Waals surface area contributed by atoms with Crippen molar-refractivity contribution in [3.05, 3.63) is 54.0 Å². The first-order valence-corrected chi connectivity index (χ1v) is 7.84. The van der Waals surface area contributed by atoms with Crippen LogP contribution in [0.3, 0.4) is 0 Å². The van der Waals surface area contributed by atoms with E-state index in [2.05, 4.69) is 25.9 Å². The van der Waals surface area contributed by atoms with E-state index in [1.807, 2.05) is 12.3 Å². The highest BCUT2D eigenvalue weighted by Gasteiger charge is 2.19. The van der Waals surface area contributed by atoms with Crippen molar-refractivity contribution >= 4 is 43.2 Å². The predicted molar refractivity (Wildman–Crippen MR) is 86.8 cm³/mol. The minimum Gasteiger partial charge on any atom is -0.300 e. The highest BCUT2D eigenvalue weighted by Crippen LogP contribution is 2.29. The molecule has 3 aromatic heterocycles. The van der Waals surface area contributed by atoms with Crippen molar-refractivity contribution in [2.45, 2.75) is 13.8 Å². The lowest BCUT2D eigenvalue weighted by molar-refractivity contribution is -0.386. The third-order valence-corrected chi connectivity index (χ3v) is 4.67. The van der Waals surface area contributed by atoms with Crippen LogP contribution in [0.25, 0.3) is 16.0 Å². The van der Waals surface area contributed by atoms with Crippen molar-refractivity contribution in [3.8, 4) is 5.82 Å². The maximum absolute atomic E-state index is 11.8. The van der Waals surface area contributed by atoms with Crippen LogP contribution in [0.4, 0.5) is 5.69 Å². The molecule has 3 rings (SSSR count). The van der Waals surface area contributed by atoms with Crippen molar-refractivity contribution in [2.75, 3.05) is 0 Å². The van der Waals surface area contributed by atoms with E-state index in [1.165, 1.54) is 28.3 Å². The van der Waals surface area contributed by atoms with Gasteiger partial charge in [0.25, 0.3) is 5.43 Å².